The molecule has 1 aliphatic rings. The van der Waals surface area contributed by atoms with E-state index in [9.17, 15) is 5.11 Å². The fourth-order valence-electron chi connectivity index (χ4n) is 2.18. The summed E-state index contributed by atoms with van der Waals surface area (Å²) in [7, 11) is 1.62. The van der Waals surface area contributed by atoms with Gasteiger partial charge in [0.2, 0.25) is 0 Å². The van der Waals surface area contributed by atoms with Gasteiger partial charge in [0.1, 0.15) is 12.2 Å². The lowest BCUT2D eigenvalue weighted by Crippen LogP contribution is -2.17. The van der Waals surface area contributed by atoms with E-state index in [0.717, 1.165) is 24.0 Å². The van der Waals surface area contributed by atoms with E-state index in [1.807, 2.05) is 19.1 Å². The maximum atomic E-state index is 10.1. The van der Waals surface area contributed by atoms with Gasteiger partial charge in [-0.1, -0.05) is 13.3 Å². The highest BCUT2D eigenvalue weighted by atomic mass is 16.5. The van der Waals surface area contributed by atoms with Gasteiger partial charge in [-0.2, -0.15) is 0 Å². The lowest BCUT2D eigenvalue weighted by molar-refractivity contribution is 0.0607. The van der Waals surface area contributed by atoms with Crippen molar-refractivity contribution in [2.45, 2.75) is 38.9 Å². The van der Waals surface area contributed by atoms with Crippen molar-refractivity contribution in [3.63, 3.8) is 0 Å². The van der Waals surface area contributed by atoms with Crippen molar-refractivity contribution in [1.29, 1.82) is 0 Å². The van der Waals surface area contributed by atoms with Gasteiger partial charge >= 0.3 is 0 Å². The van der Waals surface area contributed by atoms with Crippen LogP contribution in [0.15, 0.2) is 12.1 Å². The molecule has 2 atom stereocenters. The second kappa shape index (κ2) is 4.34. The van der Waals surface area contributed by atoms with Gasteiger partial charge in [-0.15, -0.1) is 0 Å². The van der Waals surface area contributed by atoms with E-state index in [1.54, 1.807) is 7.11 Å². The van der Waals surface area contributed by atoms with Gasteiger partial charge in [-0.25, -0.2) is 0 Å². The van der Waals surface area contributed by atoms with Gasteiger partial charge in [-0.05, 0) is 31.0 Å². The lowest BCUT2D eigenvalue weighted by Gasteiger charge is -2.12. The highest BCUT2D eigenvalue weighted by Crippen LogP contribution is 2.44. The third-order valence-corrected chi connectivity index (χ3v) is 2.96. The topological polar surface area (TPSA) is 38.7 Å². The molecule has 1 aromatic rings. The first-order valence-corrected chi connectivity index (χ1v) is 5.70. The largest absolute Gasteiger partial charge is 0.493 e. The molecular formula is C13H18O3. The molecule has 3 heteroatoms. The third kappa shape index (κ3) is 1.76. The van der Waals surface area contributed by atoms with Crippen LogP contribution in [0.4, 0.5) is 0 Å². The van der Waals surface area contributed by atoms with Crippen LogP contribution in [0, 0.1) is 6.92 Å². The molecule has 0 bridgehead atoms. The molecule has 0 fully saturated rings. The zero-order valence-corrected chi connectivity index (χ0v) is 9.99. The van der Waals surface area contributed by atoms with Crippen molar-refractivity contribution >= 4 is 0 Å². The van der Waals surface area contributed by atoms with Crippen LogP contribution in [0.3, 0.4) is 0 Å². The van der Waals surface area contributed by atoms with Crippen LogP contribution in [-0.4, -0.2) is 18.3 Å². The minimum Gasteiger partial charge on any atom is -0.493 e. The fraction of sp³-hybridized carbons (Fsp3) is 0.538. The predicted octanol–water partition coefficient (Wildman–Crippen LogP) is 2.60. The monoisotopic (exact) mass is 222 g/mol. The molecular weight excluding hydrogens is 204 g/mol. The first-order valence-electron chi connectivity index (χ1n) is 5.70. The first kappa shape index (κ1) is 11.3. The molecule has 1 aliphatic heterocycles. The first-order chi connectivity index (χ1) is 7.67. The summed E-state index contributed by atoms with van der Waals surface area (Å²) in [6.45, 7) is 4.07. The molecule has 2 unspecified atom stereocenters. The normalized spacial score (nSPS) is 22.8. The van der Waals surface area contributed by atoms with E-state index in [4.69, 9.17) is 9.47 Å². The highest BCUT2D eigenvalue weighted by Gasteiger charge is 2.34. The molecule has 0 saturated heterocycles. The third-order valence-electron chi connectivity index (χ3n) is 2.96. The Kier molecular flexibility index (Phi) is 3.06. The molecule has 0 saturated carbocycles. The maximum absolute atomic E-state index is 10.1. The Morgan fingerprint density at radius 3 is 2.81 bits per heavy atom. The second-order valence-corrected chi connectivity index (χ2v) is 4.28. The molecule has 0 aliphatic carbocycles. The lowest BCUT2D eigenvalue weighted by atomic mass is 10.0. The summed E-state index contributed by atoms with van der Waals surface area (Å²) in [5.74, 6) is 1.42. The Morgan fingerprint density at radius 1 is 1.44 bits per heavy atom. The van der Waals surface area contributed by atoms with E-state index < -0.39 is 6.10 Å². The van der Waals surface area contributed by atoms with E-state index in [1.165, 1.54) is 0 Å². The Hall–Kier alpha value is -1.22. The number of aliphatic hydroxyl groups is 1. The van der Waals surface area contributed by atoms with Crippen molar-refractivity contribution in [2.24, 2.45) is 0 Å². The van der Waals surface area contributed by atoms with Gasteiger partial charge in [0.25, 0.3) is 0 Å². The average Bonchev–Trinajstić information content (AvgIpc) is 2.57. The van der Waals surface area contributed by atoms with Crippen LogP contribution in [0.1, 0.15) is 37.0 Å². The zero-order valence-electron chi connectivity index (χ0n) is 9.99. The van der Waals surface area contributed by atoms with E-state index in [2.05, 4.69) is 6.92 Å². The van der Waals surface area contributed by atoms with Crippen LogP contribution in [0.2, 0.25) is 0 Å². The van der Waals surface area contributed by atoms with Crippen LogP contribution in [-0.2, 0) is 0 Å². The summed E-state index contributed by atoms with van der Waals surface area (Å²) in [4.78, 5) is 0. The molecule has 3 nitrogen and oxygen atoms in total. The number of aryl methyl sites for hydroxylation is 1. The molecule has 0 radical (unpaired) electrons. The van der Waals surface area contributed by atoms with E-state index in [-0.39, 0.29) is 6.10 Å². The van der Waals surface area contributed by atoms with Crippen LogP contribution >= 0.6 is 0 Å². The summed E-state index contributed by atoms with van der Waals surface area (Å²) in [6.07, 6.45) is 1.20. The Balaban J connectivity index is 2.38. The van der Waals surface area contributed by atoms with Crippen LogP contribution in [0.25, 0.3) is 0 Å². The van der Waals surface area contributed by atoms with Gasteiger partial charge in [0.05, 0.1) is 7.11 Å². The molecule has 2 rings (SSSR count). The van der Waals surface area contributed by atoms with Crippen molar-refractivity contribution in [1.82, 2.24) is 0 Å². The molecule has 1 N–H and O–H groups in total. The quantitative estimate of drug-likeness (QED) is 0.854. The Morgan fingerprint density at radius 2 is 2.19 bits per heavy atom. The Labute approximate surface area is 96.0 Å². The van der Waals surface area contributed by atoms with Gasteiger partial charge in [-0.3, -0.25) is 0 Å². The van der Waals surface area contributed by atoms with Crippen molar-refractivity contribution < 1.29 is 14.6 Å². The number of fused-ring (bicyclic) bond motifs is 1. The molecule has 0 aromatic heterocycles. The molecule has 0 spiro atoms. The number of aliphatic hydroxyl groups excluding tert-OH is 1. The smallest absolute Gasteiger partial charge is 0.167 e. The minimum atomic E-state index is -0.524. The Bertz CT molecular complexity index is 387. The van der Waals surface area contributed by atoms with Crippen molar-refractivity contribution in [3.8, 4) is 11.5 Å². The number of hydrogen-bond donors (Lipinski definition) is 1. The van der Waals surface area contributed by atoms with Gasteiger partial charge < -0.3 is 14.6 Å². The summed E-state index contributed by atoms with van der Waals surface area (Å²) in [5, 5.41) is 10.1. The summed E-state index contributed by atoms with van der Waals surface area (Å²) >= 11 is 0. The fourth-order valence-corrected chi connectivity index (χ4v) is 2.18. The van der Waals surface area contributed by atoms with Crippen LogP contribution < -0.4 is 9.47 Å². The zero-order chi connectivity index (χ0) is 11.7. The van der Waals surface area contributed by atoms with E-state index >= 15 is 0 Å². The minimum absolute atomic E-state index is 0.129. The van der Waals surface area contributed by atoms with Gasteiger partial charge in [0.15, 0.2) is 11.5 Å². The number of hydrogen-bond acceptors (Lipinski definition) is 3. The molecule has 1 aromatic carbocycles. The SMILES string of the molecule is CCCC1Oc2c(OC)cc(C)cc2C1O. The number of methoxy groups -OCH3 is 1. The summed E-state index contributed by atoms with van der Waals surface area (Å²) in [5.41, 5.74) is 1.94. The van der Waals surface area contributed by atoms with Gasteiger partial charge in [0, 0.05) is 5.56 Å². The van der Waals surface area contributed by atoms with E-state index in [0.29, 0.717) is 11.5 Å². The molecule has 0 amide bonds. The predicted molar refractivity (Wildman–Crippen MR) is 62.0 cm³/mol. The number of ether oxygens (including phenoxy) is 2. The maximum Gasteiger partial charge on any atom is 0.167 e. The second-order valence-electron chi connectivity index (χ2n) is 4.28. The number of rotatable bonds is 3. The summed E-state index contributed by atoms with van der Waals surface area (Å²) in [6, 6.07) is 3.90. The number of benzene rings is 1. The molecule has 1 heterocycles. The molecule has 88 valence electrons. The summed E-state index contributed by atoms with van der Waals surface area (Å²) < 4.78 is 11.0. The highest BCUT2D eigenvalue weighted by molar-refractivity contribution is 5.52. The van der Waals surface area contributed by atoms with Crippen molar-refractivity contribution in [3.05, 3.63) is 23.3 Å². The average molecular weight is 222 g/mol. The standard InChI is InChI=1S/C13H18O3/c1-4-5-10-12(14)9-6-8(2)7-11(15-3)13(9)16-10/h6-7,10,12,14H,4-5H2,1-3H3. The van der Waals surface area contributed by atoms with Crippen molar-refractivity contribution in [2.75, 3.05) is 7.11 Å². The molecule has 16 heavy (non-hydrogen) atoms. The van der Waals surface area contributed by atoms with Crippen LogP contribution in [0.5, 0.6) is 11.5 Å².